The van der Waals surface area contributed by atoms with E-state index in [0.717, 1.165) is 51.1 Å². The molecule has 0 amide bonds. The Bertz CT molecular complexity index is 406. The summed E-state index contributed by atoms with van der Waals surface area (Å²) in [5, 5.41) is 13.5. The molecule has 1 aliphatic rings. The smallest absolute Gasteiger partial charge is 0.127 e. The molecule has 106 valence electrons. The first-order valence-corrected chi connectivity index (χ1v) is 7.28. The maximum Gasteiger partial charge on any atom is 0.127 e. The molecule has 1 fully saturated rings. The van der Waals surface area contributed by atoms with Crippen molar-refractivity contribution in [2.75, 3.05) is 29.9 Å². The summed E-state index contributed by atoms with van der Waals surface area (Å²) in [5.41, 5.74) is 0.691. The van der Waals surface area contributed by atoms with Gasteiger partial charge < -0.3 is 15.3 Å². The van der Waals surface area contributed by atoms with Gasteiger partial charge in [-0.25, -0.2) is 4.98 Å². The lowest BCUT2D eigenvalue weighted by Gasteiger charge is -2.24. The topological polar surface area (TPSA) is 48.4 Å². The Balaban J connectivity index is 2.04. The van der Waals surface area contributed by atoms with Gasteiger partial charge in [0.25, 0.3) is 0 Å². The third-order valence-electron chi connectivity index (χ3n) is 3.73. The molecule has 4 heteroatoms. The summed E-state index contributed by atoms with van der Waals surface area (Å²) in [4.78, 5) is 6.68. The predicted octanol–water partition coefficient (Wildman–Crippen LogP) is 2.64. The number of pyridine rings is 1. The second kappa shape index (κ2) is 6.24. The van der Waals surface area contributed by atoms with Crippen LogP contribution in [0.25, 0.3) is 0 Å². The highest BCUT2D eigenvalue weighted by atomic mass is 16.3. The van der Waals surface area contributed by atoms with E-state index in [1.54, 1.807) is 0 Å². The molecular formula is C15H25N3O. The minimum atomic E-state index is -0.509. The van der Waals surface area contributed by atoms with Crippen molar-refractivity contribution in [1.82, 2.24) is 4.98 Å². The summed E-state index contributed by atoms with van der Waals surface area (Å²) in [5.74, 6) is 0.940. The monoisotopic (exact) mass is 263 g/mol. The molecule has 1 unspecified atom stereocenters. The van der Waals surface area contributed by atoms with Gasteiger partial charge in [0, 0.05) is 37.6 Å². The van der Waals surface area contributed by atoms with E-state index >= 15 is 0 Å². The van der Waals surface area contributed by atoms with Crippen molar-refractivity contribution in [3.63, 3.8) is 0 Å². The Labute approximate surface area is 115 Å². The van der Waals surface area contributed by atoms with E-state index in [4.69, 9.17) is 0 Å². The average Bonchev–Trinajstić information content (AvgIpc) is 2.58. The van der Waals surface area contributed by atoms with E-state index in [-0.39, 0.29) is 0 Å². The van der Waals surface area contributed by atoms with Crippen molar-refractivity contribution >= 4 is 11.5 Å². The molecule has 0 bridgehead atoms. The van der Waals surface area contributed by atoms with Crippen molar-refractivity contribution in [3.8, 4) is 0 Å². The number of rotatable bonds is 4. The lowest BCUT2D eigenvalue weighted by Crippen LogP contribution is -2.28. The lowest BCUT2D eigenvalue weighted by molar-refractivity contribution is 0.0481. The highest BCUT2D eigenvalue weighted by molar-refractivity contribution is 5.54. The van der Waals surface area contributed by atoms with Crippen LogP contribution in [0.4, 0.5) is 11.5 Å². The Kier molecular flexibility index (Phi) is 4.64. The Morgan fingerprint density at radius 2 is 2.26 bits per heavy atom. The summed E-state index contributed by atoms with van der Waals surface area (Å²) < 4.78 is 0. The molecule has 1 aromatic heterocycles. The van der Waals surface area contributed by atoms with Gasteiger partial charge in [0.05, 0.1) is 5.60 Å². The van der Waals surface area contributed by atoms with E-state index < -0.39 is 5.60 Å². The molecule has 0 aromatic carbocycles. The van der Waals surface area contributed by atoms with E-state index in [1.165, 1.54) is 5.69 Å². The van der Waals surface area contributed by atoms with Gasteiger partial charge in [0.1, 0.15) is 5.82 Å². The van der Waals surface area contributed by atoms with Crippen molar-refractivity contribution < 1.29 is 5.11 Å². The van der Waals surface area contributed by atoms with Crippen LogP contribution in [0.1, 0.15) is 39.5 Å². The van der Waals surface area contributed by atoms with Gasteiger partial charge in [-0.1, -0.05) is 6.92 Å². The average molecular weight is 263 g/mol. The number of aromatic nitrogens is 1. The molecule has 2 N–H and O–H groups in total. The standard InChI is InChI=1S/C15H25N3O/c1-3-8-16-14-12-13(5-9-17-14)18-10-4-6-15(2,19)7-11-18/h5,9,12,19H,3-4,6-8,10-11H2,1-2H3,(H,16,17). The zero-order valence-corrected chi connectivity index (χ0v) is 12.0. The summed E-state index contributed by atoms with van der Waals surface area (Å²) in [6, 6.07) is 4.16. The third-order valence-corrected chi connectivity index (χ3v) is 3.73. The number of nitrogens with zero attached hydrogens (tertiary/aromatic N) is 2. The van der Waals surface area contributed by atoms with Crippen LogP contribution in [0.2, 0.25) is 0 Å². The fraction of sp³-hybridized carbons (Fsp3) is 0.667. The van der Waals surface area contributed by atoms with Crippen molar-refractivity contribution in [3.05, 3.63) is 18.3 Å². The number of hydrogen-bond donors (Lipinski definition) is 2. The summed E-state index contributed by atoms with van der Waals surface area (Å²) in [7, 11) is 0. The van der Waals surface area contributed by atoms with Crippen LogP contribution in [0, 0.1) is 0 Å². The maximum atomic E-state index is 10.1. The number of hydrogen-bond acceptors (Lipinski definition) is 4. The molecule has 0 radical (unpaired) electrons. The fourth-order valence-corrected chi connectivity index (χ4v) is 2.49. The first-order valence-electron chi connectivity index (χ1n) is 7.28. The Morgan fingerprint density at radius 1 is 1.42 bits per heavy atom. The summed E-state index contributed by atoms with van der Waals surface area (Å²) in [6.07, 6.45) is 5.70. The second-order valence-corrected chi connectivity index (χ2v) is 5.66. The minimum Gasteiger partial charge on any atom is -0.390 e. The summed E-state index contributed by atoms with van der Waals surface area (Å²) in [6.45, 7) is 6.95. The van der Waals surface area contributed by atoms with Crippen LogP contribution in [-0.4, -0.2) is 35.3 Å². The van der Waals surface area contributed by atoms with Gasteiger partial charge in [-0.3, -0.25) is 0 Å². The molecule has 0 saturated carbocycles. The van der Waals surface area contributed by atoms with Crippen molar-refractivity contribution in [1.29, 1.82) is 0 Å². The molecule has 1 atom stereocenters. The quantitative estimate of drug-likeness (QED) is 0.877. The molecule has 4 nitrogen and oxygen atoms in total. The van der Waals surface area contributed by atoms with Crippen LogP contribution in [-0.2, 0) is 0 Å². The van der Waals surface area contributed by atoms with Gasteiger partial charge in [-0.15, -0.1) is 0 Å². The Morgan fingerprint density at radius 3 is 3.05 bits per heavy atom. The molecule has 2 rings (SSSR count). The molecule has 19 heavy (non-hydrogen) atoms. The van der Waals surface area contributed by atoms with E-state index in [0.29, 0.717) is 0 Å². The summed E-state index contributed by atoms with van der Waals surface area (Å²) >= 11 is 0. The third kappa shape index (κ3) is 4.10. The predicted molar refractivity (Wildman–Crippen MR) is 79.7 cm³/mol. The molecule has 1 aliphatic heterocycles. The molecule has 1 saturated heterocycles. The first-order chi connectivity index (χ1) is 9.11. The Hall–Kier alpha value is -1.29. The van der Waals surface area contributed by atoms with E-state index in [9.17, 15) is 5.11 Å². The number of nitrogens with one attached hydrogen (secondary N) is 1. The van der Waals surface area contributed by atoms with Crippen molar-refractivity contribution in [2.24, 2.45) is 0 Å². The van der Waals surface area contributed by atoms with E-state index in [1.807, 2.05) is 13.1 Å². The number of aliphatic hydroxyl groups is 1. The first kappa shape index (κ1) is 14.1. The van der Waals surface area contributed by atoms with Crippen molar-refractivity contribution in [2.45, 2.75) is 45.1 Å². The SMILES string of the molecule is CCCNc1cc(N2CCCC(C)(O)CC2)ccn1. The fourth-order valence-electron chi connectivity index (χ4n) is 2.49. The zero-order valence-electron chi connectivity index (χ0n) is 12.0. The van der Waals surface area contributed by atoms with Crippen LogP contribution in [0.5, 0.6) is 0 Å². The van der Waals surface area contributed by atoms with Crippen LogP contribution in [0.3, 0.4) is 0 Å². The van der Waals surface area contributed by atoms with Gasteiger partial charge in [-0.05, 0) is 38.7 Å². The van der Waals surface area contributed by atoms with Crippen LogP contribution in [0.15, 0.2) is 18.3 Å². The second-order valence-electron chi connectivity index (χ2n) is 5.66. The normalized spacial score (nSPS) is 24.1. The van der Waals surface area contributed by atoms with Crippen LogP contribution < -0.4 is 10.2 Å². The molecule has 2 heterocycles. The van der Waals surface area contributed by atoms with E-state index in [2.05, 4.69) is 34.3 Å². The minimum absolute atomic E-state index is 0.509. The zero-order chi connectivity index (χ0) is 13.7. The highest BCUT2D eigenvalue weighted by Gasteiger charge is 2.25. The highest BCUT2D eigenvalue weighted by Crippen LogP contribution is 2.26. The molecule has 0 spiro atoms. The molecule has 0 aliphatic carbocycles. The lowest BCUT2D eigenvalue weighted by atomic mass is 9.98. The molecular weight excluding hydrogens is 238 g/mol. The van der Waals surface area contributed by atoms with Gasteiger partial charge >= 0.3 is 0 Å². The van der Waals surface area contributed by atoms with Gasteiger partial charge in [-0.2, -0.15) is 0 Å². The maximum absolute atomic E-state index is 10.1. The van der Waals surface area contributed by atoms with Crippen LogP contribution >= 0.6 is 0 Å². The van der Waals surface area contributed by atoms with Gasteiger partial charge in [0.2, 0.25) is 0 Å². The van der Waals surface area contributed by atoms with Gasteiger partial charge in [0.15, 0.2) is 0 Å². The number of anilines is 2. The molecule has 1 aromatic rings. The largest absolute Gasteiger partial charge is 0.390 e.